The van der Waals surface area contributed by atoms with Crippen LogP contribution in [0.25, 0.3) is 0 Å². The molecule has 132 valence electrons. The van der Waals surface area contributed by atoms with Crippen LogP contribution in [0.4, 0.5) is 0 Å². The van der Waals surface area contributed by atoms with E-state index in [-0.39, 0.29) is 36.4 Å². The molecular weight excluding hydrogens is 306 g/mol. The monoisotopic (exact) mass is 333 g/mol. The van der Waals surface area contributed by atoms with Crippen LogP contribution in [0.15, 0.2) is 30.3 Å². The summed E-state index contributed by atoms with van der Waals surface area (Å²) in [5.41, 5.74) is 1.08. The second-order valence-electron chi connectivity index (χ2n) is 6.98. The number of amides is 3. The predicted molar refractivity (Wildman–Crippen MR) is 93.1 cm³/mol. The van der Waals surface area contributed by atoms with E-state index in [4.69, 9.17) is 0 Å². The molecule has 3 N–H and O–H groups in total. The summed E-state index contributed by atoms with van der Waals surface area (Å²) >= 11 is 0. The lowest BCUT2D eigenvalue weighted by atomic mass is 9.85. The zero-order valence-electron chi connectivity index (χ0n) is 14.8. The Hall–Kier alpha value is -2.37. The van der Waals surface area contributed by atoms with E-state index in [0.717, 1.165) is 12.0 Å². The average Bonchev–Trinajstić information content (AvgIpc) is 2.50. The Kier molecular flexibility index (Phi) is 7.42. The molecule has 0 aromatic heterocycles. The van der Waals surface area contributed by atoms with Crippen LogP contribution in [0, 0.1) is 5.41 Å². The SMILES string of the molecule is CC(=O)NCC(=O)NCC(=O)N[C@@H](CC(C)(C)C)c1ccccc1. The fourth-order valence-electron chi connectivity index (χ4n) is 2.24. The third kappa shape index (κ3) is 8.31. The van der Waals surface area contributed by atoms with Gasteiger partial charge in [0.2, 0.25) is 17.7 Å². The summed E-state index contributed by atoms with van der Waals surface area (Å²) in [5.74, 6) is -0.944. The Balaban J connectivity index is 2.58. The predicted octanol–water partition coefficient (Wildman–Crippen LogP) is 1.53. The number of nitrogens with one attached hydrogen (secondary N) is 3. The van der Waals surface area contributed by atoms with Gasteiger partial charge in [0.15, 0.2) is 0 Å². The molecule has 3 amide bonds. The van der Waals surface area contributed by atoms with Gasteiger partial charge in [-0.25, -0.2) is 0 Å². The van der Waals surface area contributed by atoms with Gasteiger partial charge in [0.05, 0.1) is 19.1 Å². The maximum Gasteiger partial charge on any atom is 0.239 e. The van der Waals surface area contributed by atoms with Crippen molar-refractivity contribution in [1.82, 2.24) is 16.0 Å². The minimum Gasteiger partial charge on any atom is -0.348 e. The minimum atomic E-state index is -0.396. The highest BCUT2D eigenvalue weighted by atomic mass is 16.2. The van der Waals surface area contributed by atoms with Crippen LogP contribution in [0.2, 0.25) is 0 Å². The van der Waals surface area contributed by atoms with Crippen molar-refractivity contribution in [2.75, 3.05) is 13.1 Å². The van der Waals surface area contributed by atoms with E-state index in [9.17, 15) is 14.4 Å². The fraction of sp³-hybridized carbons (Fsp3) is 0.500. The highest BCUT2D eigenvalue weighted by Gasteiger charge is 2.22. The first-order valence-corrected chi connectivity index (χ1v) is 8.03. The third-order valence-corrected chi connectivity index (χ3v) is 3.30. The number of benzene rings is 1. The summed E-state index contributed by atoms with van der Waals surface area (Å²) < 4.78 is 0. The van der Waals surface area contributed by atoms with Crippen LogP contribution >= 0.6 is 0 Å². The molecule has 6 heteroatoms. The summed E-state index contributed by atoms with van der Waals surface area (Å²) in [5, 5.41) is 7.84. The minimum absolute atomic E-state index is 0.0441. The van der Waals surface area contributed by atoms with E-state index in [1.54, 1.807) is 0 Å². The van der Waals surface area contributed by atoms with Gasteiger partial charge in [-0.05, 0) is 17.4 Å². The summed E-state index contributed by atoms with van der Waals surface area (Å²) in [6, 6.07) is 9.64. The zero-order valence-corrected chi connectivity index (χ0v) is 14.8. The Morgan fingerprint density at radius 1 is 0.958 bits per heavy atom. The van der Waals surface area contributed by atoms with Gasteiger partial charge in [-0.2, -0.15) is 0 Å². The van der Waals surface area contributed by atoms with Crippen molar-refractivity contribution in [3.63, 3.8) is 0 Å². The average molecular weight is 333 g/mol. The molecule has 1 aromatic carbocycles. The maximum atomic E-state index is 12.1. The van der Waals surface area contributed by atoms with E-state index in [0.29, 0.717) is 0 Å². The molecule has 1 aromatic rings. The molecular formula is C18H27N3O3. The number of hydrogen-bond donors (Lipinski definition) is 3. The molecule has 0 saturated heterocycles. The molecule has 0 saturated carbocycles. The van der Waals surface area contributed by atoms with Crippen LogP contribution in [-0.2, 0) is 14.4 Å². The lowest BCUT2D eigenvalue weighted by Gasteiger charge is -2.27. The Bertz CT molecular complexity index is 565. The molecule has 0 radical (unpaired) electrons. The largest absolute Gasteiger partial charge is 0.348 e. The Morgan fingerprint density at radius 3 is 2.08 bits per heavy atom. The van der Waals surface area contributed by atoms with Crippen molar-refractivity contribution >= 4 is 17.7 Å². The van der Waals surface area contributed by atoms with Gasteiger partial charge >= 0.3 is 0 Å². The molecule has 1 atom stereocenters. The fourth-order valence-corrected chi connectivity index (χ4v) is 2.24. The van der Waals surface area contributed by atoms with Gasteiger partial charge in [-0.3, -0.25) is 14.4 Å². The molecule has 0 aliphatic rings. The molecule has 0 aliphatic heterocycles. The van der Waals surface area contributed by atoms with Crippen LogP contribution in [0.1, 0.15) is 45.7 Å². The van der Waals surface area contributed by atoms with Crippen molar-refractivity contribution < 1.29 is 14.4 Å². The van der Waals surface area contributed by atoms with Crippen molar-refractivity contribution in [2.24, 2.45) is 5.41 Å². The quantitative estimate of drug-likeness (QED) is 0.707. The van der Waals surface area contributed by atoms with E-state index in [1.807, 2.05) is 30.3 Å². The van der Waals surface area contributed by atoms with E-state index in [2.05, 4.69) is 36.7 Å². The molecule has 0 heterocycles. The lowest BCUT2D eigenvalue weighted by Crippen LogP contribution is -2.42. The van der Waals surface area contributed by atoms with Gasteiger partial charge in [0.25, 0.3) is 0 Å². The number of hydrogen-bond acceptors (Lipinski definition) is 3. The van der Waals surface area contributed by atoms with Crippen molar-refractivity contribution in [2.45, 2.75) is 40.2 Å². The van der Waals surface area contributed by atoms with Crippen molar-refractivity contribution in [1.29, 1.82) is 0 Å². The molecule has 0 unspecified atom stereocenters. The summed E-state index contributed by atoms with van der Waals surface area (Å²) in [7, 11) is 0. The molecule has 24 heavy (non-hydrogen) atoms. The van der Waals surface area contributed by atoms with Crippen LogP contribution in [0.3, 0.4) is 0 Å². The summed E-state index contributed by atoms with van der Waals surface area (Å²) in [6.07, 6.45) is 0.780. The van der Waals surface area contributed by atoms with Gasteiger partial charge < -0.3 is 16.0 Å². The molecule has 1 rings (SSSR count). The van der Waals surface area contributed by atoms with Gasteiger partial charge in [0.1, 0.15) is 0 Å². The zero-order chi connectivity index (χ0) is 18.2. The van der Waals surface area contributed by atoms with Crippen LogP contribution in [0.5, 0.6) is 0 Å². The highest BCUT2D eigenvalue weighted by Crippen LogP contribution is 2.29. The van der Waals surface area contributed by atoms with E-state index >= 15 is 0 Å². The first-order valence-electron chi connectivity index (χ1n) is 8.03. The van der Waals surface area contributed by atoms with Gasteiger partial charge in [-0.1, -0.05) is 51.1 Å². The Labute approximate surface area is 143 Å². The van der Waals surface area contributed by atoms with Crippen LogP contribution in [-0.4, -0.2) is 30.8 Å². The van der Waals surface area contributed by atoms with E-state index < -0.39 is 5.91 Å². The number of carbonyl (C=O) groups is 3. The second kappa shape index (κ2) is 9.05. The first-order chi connectivity index (χ1) is 11.2. The van der Waals surface area contributed by atoms with Crippen LogP contribution < -0.4 is 16.0 Å². The first kappa shape index (κ1) is 19.7. The second-order valence-corrected chi connectivity index (χ2v) is 6.98. The number of carbonyl (C=O) groups excluding carboxylic acids is 3. The molecule has 0 aliphatic carbocycles. The summed E-state index contributed by atoms with van der Waals surface area (Å²) in [6.45, 7) is 7.43. The maximum absolute atomic E-state index is 12.1. The molecule has 0 spiro atoms. The molecule has 0 bridgehead atoms. The highest BCUT2D eigenvalue weighted by molar-refractivity contribution is 5.87. The summed E-state index contributed by atoms with van der Waals surface area (Å²) in [4.78, 5) is 34.4. The third-order valence-electron chi connectivity index (χ3n) is 3.30. The van der Waals surface area contributed by atoms with Gasteiger partial charge in [0, 0.05) is 6.92 Å². The Morgan fingerprint density at radius 2 is 1.54 bits per heavy atom. The topological polar surface area (TPSA) is 87.3 Å². The molecule has 0 fully saturated rings. The van der Waals surface area contributed by atoms with Crippen molar-refractivity contribution in [3.05, 3.63) is 35.9 Å². The van der Waals surface area contributed by atoms with Gasteiger partial charge in [-0.15, -0.1) is 0 Å². The molecule has 6 nitrogen and oxygen atoms in total. The number of rotatable bonds is 7. The van der Waals surface area contributed by atoms with Crippen molar-refractivity contribution in [3.8, 4) is 0 Å². The smallest absolute Gasteiger partial charge is 0.239 e. The normalized spacial score (nSPS) is 12.2. The van der Waals surface area contributed by atoms with E-state index in [1.165, 1.54) is 6.92 Å². The lowest BCUT2D eigenvalue weighted by molar-refractivity contribution is -0.127. The standard InChI is InChI=1S/C18H27N3O3/c1-13(22)19-11-16(23)20-12-17(24)21-15(10-18(2,3)4)14-8-6-5-7-9-14/h5-9,15H,10-12H2,1-4H3,(H,19,22)(H,20,23)(H,21,24)/t15-/m0/s1.